The summed E-state index contributed by atoms with van der Waals surface area (Å²) in [7, 11) is 0. The van der Waals surface area contributed by atoms with Gasteiger partial charge in [-0.2, -0.15) is 0 Å². The number of terminal acetylenes is 1. The van der Waals surface area contributed by atoms with E-state index in [9.17, 15) is 0 Å². The molecule has 0 aromatic heterocycles. The van der Waals surface area contributed by atoms with Crippen LogP contribution in [0.4, 0.5) is 0 Å². The minimum atomic E-state index is 0.344. The van der Waals surface area contributed by atoms with Crippen molar-refractivity contribution in [1.82, 2.24) is 0 Å². The largest absolute Gasteiger partial charge is 0.379 e. The maximum absolute atomic E-state index is 5.61. The molecule has 0 heterocycles. The summed E-state index contributed by atoms with van der Waals surface area (Å²) in [5.41, 5.74) is 0. The number of ether oxygens (including phenoxy) is 4. The van der Waals surface area contributed by atoms with Gasteiger partial charge in [0.1, 0.15) is 6.61 Å². The zero-order valence-corrected chi connectivity index (χ0v) is 19.3. The van der Waals surface area contributed by atoms with Gasteiger partial charge in [0.05, 0.1) is 39.6 Å². The molecule has 0 spiro atoms. The Morgan fingerprint density at radius 3 is 1.21 bits per heavy atom. The normalized spacial score (nSPS) is 11.0. The van der Waals surface area contributed by atoms with E-state index in [1.54, 1.807) is 0 Å². The van der Waals surface area contributed by atoms with Gasteiger partial charge in [-0.15, -0.1) is 6.42 Å². The second-order valence-corrected chi connectivity index (χ2v) is 7.69. The molecular formula is C25H48O4. The molecule has 0 saturated carbocycles. The van der Waals surface area contributed by atoms with Crippen LogP contribution in [-0.2, 0) is 18.9 Å². The van der Waals surface area contributed by atoms with E-state index in [0.717, 1.165) is 6.61 Å². The lowest BCUT2D eigenvalue weighted by molar-refractivity contribution is 0.000914. The predicted molar refractivity (Wildman–Crippen MR) is 122 cm³/mol. The van der Waals surface area contributed by atoms with Gasteiger partial charge in [0.15, 0.2) is 0 Å². The Balaban J connectivity index is 2.98. The number of hydrogen-bond donors (Lipinski definition) is 0. The minimum Gasteiger partial charge on any atom is -0.379 e. The zero-order valence-electron chi connectivity index (χ0n) is 19.3. The fourth-order valence-corrected chi connectivity index (χ4v) is 3.19. The van der Waals surface area contributed by atoms with Gasteiger partial charge in [0.2, 0.25) is 0 Å². The predicted octanol–water partition coefficient (Wildman–Crippen LogP) is 6.17. The van der Waals surface area contributed by atoms with Crippen LogP contribution in [0.3, 0.4) is 0 Å². The van der Waals surface area contributed by atoms with E-state index in [0.29, 0.717) is 46.2 Å². The molecule has 0 aliphatic rings. The molecule has 0 aromatic rings. The van der Waals surface area contributed by atoms with Crippen molar-refractivity contribution in [3.63, 3.8) is 0 Å². The van der Waals surface area contributed by atoms with E-state index in [4.69, 9.17) is 25.4 Å². The Morgan fingerprint density at radius 1 is 0.448 bits per heavy atom. The average Bonchev–Trinajstić information content (AvgIpc) is 2.74. The Morgan fingerprint density at radius 2 is 0.793 bits per heavy atom. The molecule has 0 aromatic carbocycles. The van der Waals surface area contributed by atoms with Gasteiger partial charge < -0.3 is 18.9 Å². The van der Waals surface area contributed by atoms with E-state index >= 15 is 0 Å². The first-order chi connectivity index (χ1) is 14.4. The molecule has 29 heavy (non-hydrogen) atoms. The topological polar surface area (TPSA) is 36.9 Å². The van der Waals surface area contributed by atoms with Crippen LogP contribution >= 0.6 is 0 Å². The molecule has 0 saturated heterocycles. The number of unbranched alkanes of at least 4 members (excludes halogenated alkanes) is 13. The molecule has 0 atom stereocenters. The summed E-state index contributed by atoms with van der Waals surface area (Å²) in [5, 5.41) is 0. The fraction of sp³-hybridized carbons (Fsp3) is 0.920. The van der Waals surface area contributed by atoms with E-state index in [1.807, 2.05) is 0 Å². The van der Waals surface area contributed by atoms with Crippen LogP contribution in [0.1, 0.15) is 96.8 Å². The van der Waals surface area contributed by atoms with E-state index in [-0.39, 0.29) is 0 Å². The molecule has 0 radical (unpaired) electrons. The lowest BCUT2D eigenvalue weighted by Crippen LogP contribution is -2.12. The third kappa shape index (κ3) is 27.4. The molecule has 0 amide bonds. The molecule has 172 valence electrons. The molecular weight excluding hydrogens is 364 g/mol. The van der Waals surface area contributed by atoms with Crippen molar-refractivity contribution in [2.45, 2.75) is 96.8 Å². The van der Waals surface area contributed by atoms with Crippen LogP contribution in [0, 0.1) is 12.3 Å². The van der Waals surface area contributed by atoms with Crippen LogP contribution in [0.5, 0.6) is 0 Å². The van der Waals surface area contributed by atoms with E-state index < -0.39 is 0 Å². The highest BCUT2D eigenvalue weighted by Crippen LogP contribution is 2.12. The van der Waals surface area contributed by atoms with Gasteiger partial charge in [0, 0.05) is 6.61 Å². The van der Waals surface area contributed by atoms with Crippen molar-refractivity contribution >= 4 is 0 Å². The SMILES string of the molecule is C#CCOCCOCCOCCOCCCCCCCCCCCCCCCC. The maximum Gasteiger partial charge on any atom is 0.107 e. The third-order valence-electron chi connectivity index (χ3n) is 4.94. The van der Waals surface area contributed by atoms with Gasteiger partial charge in [0.25, 0.3) is 0 Å². The van der Waals surface area contributed by atoms with Crippen molar-refractivity contribution in [3.8, 4) is 12.3 Å². The highest BCUT2D eigenvalue weighted by molar-refractivity contribution is 4.82. The summed E-state index contributed by atoms with van der Waals surface area (Å²) in [4.78, 5) is 0. The second kappa shape index (κ2) is 27.4. The Hall–Kier alpha value is -0.600. The van der Waals surface area contributed by atoms with Gasteiger partial charge in [-0.25, -0.2) is 0 Å². The van der Waals surface area contributed by atoms with E-state index in [1.165, 1.54) is 89.9 Å². The highest BCUT2D eigenvalue weighted by Gasteiger charge is 1.95. The van der Waals surface area contributed by atoms with Crippen LogP contribution in [-0.4, -0.2) is 52.9 Å². The summed E-state index contributed by atoms with van der Waals surface area (Å²) in [5.74, 6) is 2.42. The molecule has 4 heteroatoms. The van der Waals surface area contributed by atoms with Gasteiger partial charge >= 0.3 is 0 Å². The fourth-order valence-electron chi connectivity index (χ4n) is 3.19. The van der Waals surface area contributed by atoms with Crippen molar-refractivity contribution in [3.05, 3.63) is 0 Å². The van der Waals surface area contributed by atoms with Crippen molar-refractivity contribution in [2.75, 3.05) is 52.9 Å². The maximum atomic E-state index is 5.61. The Bertz CT molecular complexity index is 327. The van der Waals surface area contributed by atoms with Crippen LogP contribution in [0.2, 0.25) is 0 Å². The minimum absolute atomic E-state index is 0.344. The monoisotopic (exact) mass is 412 g/mol. The van der Waals surface area contributed by atoms with E-state index in [2.05, 4.69) is 12.8 Å². The molecule has 0 aliphatic heterocycles. The summed E-state index contributed by atoms with van der Waals surface area (Å²) in [6, 6.07) is 0. The Kier molecular flexibility index (Phi) is 26.8. The summed E-state index contributed by atoms with van der Waals surface area (Å²) in [6.45, 7) is 7.05. The Labute approximate surface area is 181 Å². The lowest BCUT2D eigenvalue weighted by Gasteiger charge is -2.07. The van der Waals surface area contributed by atoms with Crippen molar-refractivity contribution in [2.24, 2.45) is 0 Å². The standard InChI is InChI=1S/C25H48O4/c1-3-5-6-7-8-9-10-11-12-13-14-15-16-17-19-27-21-23-29-25-24-28-22-20-26-18-4-2/h2H,3,5-25H2,1H3. The van der Waals surface area contributed by atoms with Gasteiger partial charge in [-0.1, -0.05) is 96.3 Å². The van der Waals surface area contributed by atoms with Crippen LogP contribution in [0.15, 0.2) is 0 Å². The van der Waals surface area contributed by atoms with Crippen molar-refractivity contribution < 1.29 is 18.9 Å². The smallest absolute Gasteiger partial charge is 0.107 e. The van der Waals surface area contributed by atoms with Gasteiger partial charge in [-0.3, -0.25) is 0 Å². The number of rotatable bonds is 25. The quantitative estimate of drug-likeness (QED) is 0.133. The molecule has 0 aliphatic carbocycles. The molecule has 0 unspecified atom stereocenters. The molecule has 0 bridgehead atoms. The average molecular weight is 413 g/mol. The first-order valence-electron chi connectivity index (χ1n) is 12.2. The molecule has 0 rings (SSSR count). The van der Waals surface area contributed by atoms with Gasteiger partial charge in [-0.05, 0) is 6.42 Å². The van der Waals surface area contributed by atoms with Crippen molar-refractivity contribution in [1.29, 1.82) is 0 Å². The highest BCUT2D eigenvalue weighted by atomic mass is 16.6. The lowest BCUT2D eigenvalue weighted by atomic mass is 10.0. The molecule has 0 N–H and O–H groups in total. The summed E-state index contributed by atoms with van der Waals surface area (Å²) >= 11 is 0. The van der Waals surface area contributed by atoms with Crippen LogP contribution < -0.4 is 0 Å². The third-order valence-corrected chi connectivity index (χ3v) is 4.94. The number of hydrogen-bond acceptors (Lipinski definition) is 4. The summed E-state index contributed by atoms with van der Waals surface area (Å²) < 4.78 is 21.5. The van der Waals surface area contributed by atoms with Crippen LogP contribution in [0.25, 0.3) is 0 Å². The molecule has 0 fully saturated rings. The molecule has 4 nitrogen and oxygen atoms in total. The zero-order chi connectivity index (χ0) is 21.1. The second-order valence-electron chi connectivity index (χ2n) is 7.69. The first kappa shape index (κ1) is 28.4. The summed E-state index contributed by atoms with van der Waals surface area (Å²) in [6.07, 6.45) is 24.5. The first-order valence-corrected chi connectivity index (χ1v) is 12.2.